The number of unbranched alkanes of at least 4 members (excludes halogenated alkanes) is 7. The molecule has 2 atom stereocenters. The number of Topliss-reactive ketones (excluding diaryl/α,β-unsaturated/α-hetero) is 1. The number of benzene rings is 2. The predicted octanol–water partition coefficient (Wildman–Crippen LogP) is 8.01. The summed E-state index contributed by atoms with van der Waals surface area (Å²) in [6.45, 7) is 6.76. The van der Waals surface area contributed by atoms with Crippen molar-refractivity contribution in [3.8, 4) is 5.00 Å². The van der Waals surface area contributed by atoms with Crippen molar-refractivity contribution < 1.29 is 24.0 Å². The zero-order chi connectivity index (χ0) is 41.2. The summed E-state index contributed by atoms with van der Waals surface area (Å²) in [7, 11) is 0. The Kier molecular flexibility index (Phi) is 14.8. The van der Waals surface area contributed by atoms with E-state index in [1.165, 1.54) is 4.88 Å². The van der Waals surface area contributed by atoms with Crippen LogP contribution in [0.15, 0.2) is 53.5 Å². The number of piperidine rings is 1. The van der Waals surface area contributed by atoms with Crippen molar-refractivity contribution in [1.82, 2.24) is 25.4 Å². The van der Waals surface area contributed by atoms with Crippen LogP contribution in [0.3, 0.4) is 0 Å². The van der Waals surface area contributed by atoms with E-state index in [1.54, 1.807) is 23.5 Å². The third-order valence-electron chi connectivity index (χ3n) is 10.9. The molecule has 4 aromatic rings. The SMILES string of the molecule is Cc1sc2c(c1C)C(c1ccc(Cl)cc1)=N[C@@H](CC(=O)NCCCCCCCCCCC(=O)Nc1ccc(CC(=O)CC3CCC(=O)NC3=O)cc1)c1nnc(C)n1-2. The van der Waals surface area contributed by atoms with Crippen molar-refractivity contribution >= 4 is 63.7 Å². The molecule has 2 aromatic carbocycles. The summed E-state index contributed by atoms with van der Waals surface area (Å²) < 4.78 is 2.06. The number of halogens is 1. The van der Waals surface area contributed by atoms with Crippen LogP contribution < -0.4 is 16.0 Å². The van der Waals surface area contributed by atoms with Crippen LogP contribution in [-0.2, 0) is 30.4 Å². The first-order chi connectivity index (χ1) is 28.0. The third kappa shape index (κ3) is 11.1. The van der Waals surface area contributed by atoms with Gasteiger partial charge in [-0.05, 0) is 75.4 Å². The van der Waals surface area contributed by atoms with Crippen molar-refractivity contribution in [3.63, 3.8) is 0 Å². The highest BCUT2D eigenvalue weighted by atomic mass is 35.5. The molecule has 2 aliphatic rings. The van der Waals surface area contributed by atoms with Gasteiger partial charge in [-0.1, -0.05) is 74.4 Å². The second kappa shape index (κ2) is 20.1. The number of aryl methyl sites for hydroxylation is 2. The minimum absolute atomic E-state index is 0.0322. The van der Waals surface area contributed by atoms with Crippen molar-refractivity contribution in [3.05, 3.63) is 92.3 Å². The van der Waals surface area contributed by atoms with Crippen molar-refractivity contribution in [1.29, 1.82) is 0 Å². The van der Waals surface area contributed by atoms with Gasteiger partial charge in [-0.3, -0.25) is 38.8 Å². The molecule has 1 fully saturated rings. The Bertz CT molecular complexity index is 2160. The van der Waals surface area contributed by atoms with Gasteiger partial charge in [0.05, 0.1) is 12.1 Å². The molecule has 1 unspecified atom stereocenters. The maximum Gasteiger partial charge on any atom is 0.230 e. The van der Waals surface area contributed by atoms with E-state index in [4.69, 9.17) is 16.6 Å². The molecule has 12 nitrogen and oxygen atoms in total. The number of aliphatic imine (C=N–C) groups is 1. The fourth-order valence-electron chi connectivity index (χ4n) is 7.52. The fourth-order valence-corrected chi connectivity index (χ4v) is 8.86. The zero-order valence-electron chi connectivity index (χ0n) is 33.5. The first kappa shape index (κ1) is 42.6. The number of amides is 4. The second-order valence-electron chi connectivity index (χ2n) is 15.3. The highest BCUT2D eigenvalue weighted by Crippen LogP contribution is 2.39. The maximum absolute atomic E-state index is 13.3. The Hall–Kier alpha value is -5.01. The van der Waals surface area contributed by atoms with Gasteiger partial charge in [0.1, 0.15) is 22.7 Å². The monoisotopic (exact) mass is 825 g/mol. The summed E-state index contributed by atoms with van der Waals surface area (Å²) in [4.78, 5) is 67.9. The Morgan fingerprint density at radius 2 is 1.55 bits per heavy atom. The zero-order valence-corrected chi connectivity index (χ0v) is 35.1. The molecule has 2 aromatic heterocycles. The molecule has 306 valence electrons. The van der Waals surface area contributed by atoms with E-state index in [2.05, 4.69) is 44.6 Å². The number of fused-ring (bicyclic) bond motifs is 3. The summed E-state index contributed by atoms with van der Waals surface area (Å²) in [6, 6.07) is 14.4. The molecule has 0 spiro atoms. The first-order valence-corrected chi connectivity index (χ1v) is 21.5. The molecular weight excluding hydrogens is 774 g/mol. The number of ketones is 1. The van der Waals surface area contributed by atoms with E-state index in [0.717, 1.165) is 90.2 Å². The summed E-state index contributed by atoms with van der Waals surface area (Å²) in [5.41, 5.74) is 5.47. The molecule has 2 aliphatic heterocycles. The first-order valence-electron chi connectivity index (χ1n) is 20.3. The molecule has 3 N–H and O–H groups in total. The lowest BCUT2D eigenvalue weighted by Gasteiger charge is -2.19. The molecule has 6 rings (SSSR count). The standard InChI is InChI=1S/C44H52ClN7O5S/c1-27-28(2)58-44-40(27)41(31-15-18-33(45)19-16-31)48-36(42-51-50-29(3)52(42)44)26-39(56)46-23-11-9-7-5-4-6-8-10-12-37(54)47-34-20-13-30(14-21-34)24-35(53)25-32-17-22-38(55)49-43(32)57/h13-16,18-21,32,36H,4-12,17,22-26H2,1-3H3,(H,46,56)(H,47,54)(H,49,55,57)/t32?,36-/m0/s1. The van der Waals surface area contributed by atoms with E-state index < -0.39 is 12.0 Å². The van der Waals surface area contributed by atoms with Crippen LogP contribution >= 0.6 is 22.9 Å². The summed E-state index contributed by atoms with van der Waals surface area (Å²) in [5.74, 6) is 0.177. The average molecular weight is 826 g/mol. The van der Waals surface area contributed by atoms with E-state index in [0.29, 0.717) is 35.9 Å². The molecule has 1 saturated heterocycles. The van der Waals surface area contributed by atoms with E-state index in [9.17, 15) is 24.0 Å². The summed E-state index contributed by atoms with van der Waals surface area (Å²) >= 11 is 7.91. The van der Waals surface area contributed by atoms with Crippen LogP contribution in [0.4, 0.5) is 5.69 Å². The Balaban J connectivity index is 0.846. The number of rotatable bonds is 19. The number of imide groups is 1. The van der Waals surface area contributed by atoms with Gasteiger partial charge < -0.3 is 10.6 Å². The molecule has 0 radical (unpaired) electrons. The summed E-state index contributed by atoms with van der Waals surface area (Å²) in [6.07, 6.45) is 9.74. The lowest BCUT2D eigenvalue weighted by atomic mass is 9.91. The number of anilines is 1. The van der Waals surface area contributed by atoms with E-state index in [-0.39, 0.29) is 55.1 Å². The molecule has 58 heavy (non-hydrogen) atoms. The van der Waals surface area contributed by atoms with E-state index in [1.807, 2.05) is 43.3 Å². The number of nitrogens with one attached hydrogen (secondary N) is 3. The van der Waals surface area contributed by atoms with Crippen molar-refractivity contribution in [2.24, 2.45) is 10.9 Å². The maximum atomic E-state index is 13.3. The van der Waals surface area contributed by atoms with Crippen molar-refractivity contribution in [2.75, 3.05) is 11.9 Å². The molecule has 14 heteroatoms. The number of nitrogens with zero attached hydrogens (tertiary/aromatic N) is 4. The quantitative estimate of drug-likeness (QED) is 0.0637. The number of hydrogen-bond donors (Lipinski definition) is 3. The van der Waals surface area contributed by atoms with Crippen molar-refractivity contribution in [2.45, 2.75) is 117 Å². The smallest absolute Gasteiger partial charge is 0.230 e. The average Bonchev–Trinajstić information content (AvgIpc) is 3.67. The van der Waals surface area contributed by atoms with Gasteiger partial charge in [-0.25, -0.2) is 0 Å². The van der Waals surface area contributed by atoms with Crippen LogP contribution in [0.1, 0.15) is 128 Å². The van der Waals surface area contributed by atoms with Gasteiger partial charge in [0.25, 0.3) is 0 Å². The van der Waals surface area contributed by atoms with Crippen LogP contribution in [0.2, 0.25) is 5.02 Å². The number of aromatic nitrogens is 3. The molecule has 4 amide bonds. The third-order valence-corrected chi connectivity index (χ3v) is 12.3. The van der Waals surface area contributed by atoms with E-state index >= 15 is 0 Å². The van der Waals surface area contributed by atoms with Crippen LogP contribution in [0, 0.1) is 26.7 Å². The minimum atomic E-state index is -0.493. The normalized spacial score (nSPS) is 16.2. The fraction of sp³-hybridized carbons (Fsp3) is 0.455. The lowest BCUT2D eigenvalue weighted by Crippen LogP contribution is -2.41. The van der Waals surface area contributed by atoms with Crippen LogP contribution in [0.5, 0.6) is 0 Å². The second-order valence-corrected chi connectivity index (χ2v) is 17.0. The number of carbonyl (C=O) groups is 5. The van der Waals surface area contributed by atoms with Gasteiger partial charge in [0.2, 0.25) is 23.6 Å². The van der Waals surface area contributed by atoms with Gasteiger partial charge in [-0.2, -0.15) is 0 Å². The minimum Gasteiger partial charge on any atom is -0.356 e. The Morgan fingerprint density at radius 1 is 0.862 bits per heavy atom. The van der Waals surface area contributed by atoms with Gasteiger partial charge in [0.15, 0.2) is 5.82 Å². The lowest BCUT2D eigenvalue weighted by molar-refractivity contribution is -0.138. The molecule has 0 aliphatic carbocycles. The molecular formula is C44H52ClN7O5S. The number of thiophene rings is 1. The predicted molar refractivity (Wildman–Crippen MR) is 227 cm³/mol. The topological polar surface area (TPSA) is 165 Å². The highest BCUT2D eigenvalue weighted by molar-refractivity contribution is 7.15. The van der Waals surface area contributed by atoms with Gasteiger partial charge >= 0.3 is 0 Å². The number of hydrogen-bond acceptors (Lipinski definition) is 9. The molecule has 4 heterocycles. The Labute approximate surface area is 348 Å². The largest absolute Gasteiger partial charge is 0.356 e. The molecule has 0 saturated carbocycles. The number of carbonyl (C=O) groups excluding carboxylic acids is 5. The van der Waals surface area contributed by atoms with Crippen LogP contribution in [-0.4, -0.2) is 56.4 Å². The summed E-state index contributed by atoms with van der Waals surface area (Å²) in [5, 5.41) is 18.9. The van der Waals surface area contributed by atoms with Gasteiger partial charge in [-0.15, -0.1) is 21.5 Å². The highest BCUT2D eigenvalue weighted by Gasteiger charge is 2.32. The van der Waals surface area contributed by atoms with Gasteiger partial charge in [0, 0.05) is 64.9 Å². The van der Waals surface area contributed by atoms with Crippen LogP contribution in [0.25, 0.3) is 5.00 Å². The Morgan fingerprint density at radius 3 is 2.26 bits per heavy atom. The molecule has 0 bridgehead atoms.